The number of carboxylic acid groups (broad SMARTS) is 1. The lowest BCUT2D eigenvalue weighted by atomic mass is 9.84. The van der Waals surface area contributed by atoms with Gasteiger partial charge in [-0.25, -0.2) is 4.79 Å². The number of hydrogen-bond donors (Lipinski definition) is 26. The molecule has 2 saturated heterocycles. The van der Waals surface area contributed by atoms with Crippen LogP contribution < -0.4 is 77.8 Å². The number of aliphatic hydroxyl groups excluding tert-OH is 11. The molecule has 0 radical (unpaired) electrons. The Bertz CT molecular complexity index is 6000. The van der Waals surface area contributed by atoms with Crippen molar-refractivity contribution in [1.82, 2.24) is 53.2 Å². The number of halogens is 3. The number of nitrogens with one attached hydrogen (secondary N) is 10. The monoisotopic (exact) mass is 2030 g/mol. The number of carboxylic acids is 1. The molecular weight excluding hydrogens is 1920 g/mol. The standard InChI is InChI=1S/C97H112Cl3N11O31/c1-41(2)26-58(102-6)88(127)110-75-77(118)47-18-22-64(56(99)29-47)138-66-31-50-32-67(85(66)142-96-86(83(124)81(122)68(39-113)140-96)141-70-35-97(5,87(126)43(4)137-70)105-36-44-16-21-63(55(98)27-44)136-40-49-14-10-15-51(42(49)3)45-12-8-7-9-13-45)139-65-23-19-48(30-57(65)100)78(119)76-93(132)109-74(95(134)135)53-33-61(115)54(37-103-24-11-25-104-94(133)84(125)82(123)80(121)62(116)38-112)79(120)71(53)52-28-46(17-20-60(52)114)72(90(129)111-76)108-91(130)73(50)107-89(128)59(34-69(101)117)106-92(75)131/h7-10,12-23,27-33,41,43,58-59,62,68,70,72-78,80-84,86-87,96,102-103,105,112-116,118-126H,11,24-26,34-40H2,1-6H3,(H2,101,117)(H,104,133)(H,106,131)(H,107,128)(H,108,130)(H,109,132)(H,110,127)(H,111,129)(H,134,135)/t43-,58+,59-,62+,68+,70-,72+,73+,74-,75+,76-,77+,78+,80+,81+,82-,83-,84+,86+,87+,96-,97-/m0/s1. The Balaban J connectivity index is 0.921. The number of likely N-dealkylation sites (N-methyl/N-ethyl adjacent to an activating group) is 1. The lowest BCUT2D eigenvalue weighted by Gasteiger charge is -2.48. The molecule has 7 aliphatic rings. The average molecular weight is 2030 g/mol. The van der Waals surface area contributed by atoms with Crippen molar-refractivity contribution < 1.29 is 153 Å². The van der Waals surface area contributed by atoms with E-state index in [4.69, 9.17) is 73.7 Å². The summed E-state index contributed by atoms with van der Waals surface area (Å²) in [4.78, 5) is 133. The van der Waals surface area contributed by atoms with Gasteiger partial charge in [0.05, 0.1) is 58.5 Å². The predicted molar refractivity (Wildman–Crippen MR) is 505 cm³/mol. The zero-order valence-corrected chi connectivity index (χ0v) is 79.5. The number of phenolic OH excluding ortho intramolecular Hbond substituents is 3. The number of ether oxygens (including phenoxy) is 7. The molecule has 8 amide bonds. The molecule has 762 valence electrons. The summed E-state index contributed by atoms with van der Waals surface area (Å²) in [6.45, 7) is 6.08. The normalized spacial score (nSPS) is 25.2. The third-order valence-corrected chi connectivity index (χ3v) is 26.2. The van der Waals surface area contributed by atoms with Gasteiger partial charge in [-0.05, 0) is 170 Å². The van der Waals surface area contributed by atoms with Gasteiger partial charge in [0.2, 0.25) is 53.4 Å². The van der Waals surface area contributed by atoms with Crippen LogP contribution in [0.5, 0.6) is 51.7 Å². The number of fused-ring (bicyclic) bond motifs is 15. The van der Waals surface area contributed by atoms with Crippen molar-refractivity contribution in [2.45, 2.75) is 214 Å². The van der Waals surface area contributed by atoms with Gasteiger partial charge in [0.25, 0.3) is 5.91 Å². The topological polar surface area (TPSA) is 668 Å². The van der Waals surface area contributed by atoms with Gasteiger partial charge in [-0.1, -0.05) is 121 Å². The van der Waals surface area contributed by atoms with Crippen LogP contribution >= 0.6 is 34.8 Å². The minimum Gasteiger partial charge on any atom is -0.507 e. The van der Waals surface area contributed by atoms with E-state index >= 15 is 24.0 Å². The molecule has 0 aliphatic carbocycles. The first-order chi connectivity index (χ1) is 67.5. The van der Waals surface area contributed by atoms with Crippen LogP contribution in [-0.4, -0.2) is 267 Å². The molecule has 0 unspecified atom stereocenters. The number of aliphatic carboxylic acids is 1. The number of aliphatic hydroxyl groups is 11. The van der Waals surface area contributed by atoms with Gasteiger partial charge < -0.3 is 169 Å². The number of benzene rings is 8. The van der Waals surface area contributed by atoms with E-state index in [9.17, 15) is 95.8 Å². The molecule has 7 heterocycles. The maximum atomic E-state index is 16.5. The number of hydrogen-bond acceptors (Lipinski definition) is 33. The number of nitrogens with two attached hydrogens (primary N) is 1. The third-order valence-electron chi connectivity index (χ3n) is 25.3. The summed E-state index contributed by atoms with van der Waals surface area (Å²) < 4.78 is 46.1. The highest BCUT2D eigenvalue weighted by Gasteiger charge is 2.53. The highest BCUT2D eigenvalue weighted by Crippen LogP contribution is 2.51. The predicted octanol–water partition coefficient (Wildman–Crippen LogP) is 2.18. The van der Waals surface area contributed by atoms with Gasteiger partial charge in [-0.2, -0.15) is 0 Å². The Kier molecular flexibility index (Phi) is 35.0. The second-order valence-electron chi connectivity index (χ2n) is 35.7. The lowest BCUT2D eigenvalue weighted by molar-refractivity contribution is -0.334. The Labute approximate surface area is 827 Å². The summed E-state index contributed by atoms with van der Waals surface area (Å²) in [7, 11) is 1.46. The minimum atomic E-state index is -2.46. The van der Waals surface area contributed by atoms with Gasteiger partial charge in [-0.15, -0.1) is 0 Å². The zero-order chi connectivity index (χ0) is 103. The zero-order valence-electron chi connectivity index (χ0n) is 77.2. The smallest absolute Gasteiger partial charge is 0.330 e. The van der Waals surface area contributed by atoms with Crippen molar-refractivity contribution in [1.29, 1.82) is 0 Å². The molecule has 0 saturated carbocycles. The fourth-order valence-electron chi connectivity index (χ4n) is 17.3. The summed E-state index contributed by atoms with van der Waals surface area (Å²) in [5, 5.41) is 195. The van der Waals surface area contributed by atoms with Crippen molar-refractivity contribution in [2.75, 3.05) is 33.4 Å². The minimum absolute atomic E-state index is 0.0232. The van der Waals surface area contributed by atoms with Crippen LogP contribution in [0.1, 0.15) is 134 Å². The van der Waals surface area contributed by atoms with Crippen LogP contribution in [0.2, 0.25) is 15.1 Å². The Morgan fingerprint density at radius 2 is 1.30 bits per heavy atom. The van der Waals surface area contributed by atoms with E-state index in [1.54, 1.807) is 39.0 Å². The highest BCUT2D eigenvalue weighted by atomic mass is 35.5. The molecule has 22 atom stereocenters. The fraction of sp³-hybridized carbons (Fsp3) is 0.412. The van der Waals surface area contributed by atoms with Crippen molar-refractivity contribution in [3.8, 4) is 74.0 Å². The summed E-state index contributed by atoms with van der Waals surface area (Å²) in [5.41, 5.74) is 5.17. The molecule has 45 heteroatoms. The van der Waals surface area contributed by atoms with E-state index in [-0.39, 0.29) is 67.6 Å². The van der Waals surface area contributed by atoms with E-state index < -0.39 is 302 Å². The first kappa shape index (κ1) is 107. The van der Waals surface area contributed by atoms with Crippen molar-refractivity contribution in [3.63, 3.8) is 0 Å². The SMILES string of the molecule is CN[C@H](CC(C)C)C(=O)N[C@H]1C(=O)N[C@@H](CC(N)=O)C(=O)N[C@H]2C(=O)N[C@H]3C(=O)N[C@H](C(=O)N[C@H](C(=O)O)c4cc(O)c(CNCCCNC(=O)[C@H](O)[C@@H](O)[C@H](O)[C@H](O)CO)c(O)c4-c4cc3ccc4O)[C@H](O)c3ccc(c(Cl)c3)Oc3cc2cc(c3O[C@@H]2O[C@H](CO)[C@@H](O)[C@H](O)[C@H]2O[C@H]2C[C@](C)(NCc3ccc(OCc4cccc(-c5ccccc5)c4C)c(Cl)c3)[C@H](O)[C@H](C)O2)Oc2ccc(cc2Cl)[C@H]1O. The number of carbonyl (C=O) groups is 9. The molecule has 8 aromatic carbocycles. The summed E-state index contributed by atoms with van der Waals surface area (Å²) in [6, 6.07) is 18.4. The first-order valence-corrected chi connectivity index (χ1v) is 46.4. The highest BCUT2D eigenvalue weighted by molar-refractivity contribution is 6.33. The Morgan fingerprint density at radius 1 is 0.648 bits per heavy atom. The molecule has 15 rings (SSSR count). The van der Waals surface area contributed by atoms with E-state index in [1.807, 2.05) is 55.5 Å². The molecule has 2 fully saturated rings. The van der Waals surface area contributed by atoms with E-state index in [0.717, 1.165) is 82.9 Å². The second-order valence-corrected chi connectivity index (χ2v) is 37.0. The van der Waals surface area contributed by atoms with E-state index in [0.29, 0.717) is 11.3 Å². The van der Waals surface area contributed by atoms with E-state index in [2.05, 4.69) is 53.2 Å². The summed E-state index contributed by atoms with van der Waals surface area (Å²) in [6.07, 6.45) is -28.2. The Hall–Kier alpha value is -12.2. The quantitative estimate of drug-likeness (QED) is 0.0277. The largest absolute Gasteiger partial charge is 0.507 e. The fourth-order valence-corrected chi connectivity index (χ4v) is 18.0. The van der Waals surface area contributed by atoms with Crippen LogP contribution in [0.15, 0.2) is 140 Å². The van der Waals surface area contributed by atoms with Crippen LogP contribution in [0.25, 0.3) is 22.3 Å². The second kappa shape index (κ2) is 46.4. The van der Waals surface area contributed by atoms with Crippen LogP contribution in [0.4, 0.5) is 0 Å². The molecule has 7 aliphatic heterocycles. The van der Waals surface area contributed by atoms with Gasteiger partial charge in [0.1, 0.15) is 120 Å². The maximum absolute atomic E-state index is 16.5. The number of phenols is 3. The van der Waals surface area contributed by atoms with Crippen molar-refractivity contribution >= 4 is 88.0 Å². The number of aromatic hydroxyl groups is 3. The molecule has 142 heavy (non-hydrogen) atoms. The third kappa shape index (κ3) is 24.3. The summed E-state index contributed by atoms with van der Waals surface area (Å²) >= 11 is 21.4. The molecule has 27 N–H and O–H groups in total. The van der Waals surface area contributed by atoms with Gasteiger partial charge in [-0.3, -0.25) is 38.4 Å². The summed E-state index contributed by atoms with van der Waals surface area (Å²) in [5.74, 6) is -18.1. The molecule has 0 spiro atoms. The van der Waals surface area contributed by atoms with Gasteiger partial charge in [0.15, 0.2) is 36.0 Å². The maximum Gasteiger partial charge on any atom is 0.330 e. The number of carbonyl (C=O) groups excluding carboxylic acids is 8. The molecule has 42 nitrogen and oxygen atoms in total. The lowest BCUT2D eigenvalue weighted by Crippen LogP contribution is -2.65. The average Bonchev–Trinajstić information content (AvgIpc) is 0.755. The van der Waals surface area contributed by atoms with E-state index in [1.165, 1.54) is 26.1 Å². The van der Waals surface area contributed by atoms with Gasteiger partial charge >= 0.3 is 5.97 Å². The number of primary amides is 1. The van der Waals surface area contributed by atoms with Crippen molar-refractivity contribution in [3.05, 3.63) is 205 Å². The number of rotatable bonds is 31. The van der Waals surface area contributed by atoms with Crippen LogP contribution in [-0.2, 0) is 77.1 Å². The molecule has 8 aromatic rings. The molecular formula is C97H112Cl3N11O31. The number of amides is 8. The first-order valence-electron chi connectivity index (χ1n) is 45.3. The van der Waals surface area contributed by atoms with Crippen LogP contribution in [0, 0.1) is 12.8 Å². The van der Waals surface area contributed by atoms with Crippen molar-refractivity contribution in [2.24, 2.45) is 11.7 Å². The Morgan fingerprint density at radius 3 is 1.94 bits per heavy atom. The van der Waals surface area contributed by atoms with Crippen LogP contribution in [0.3, 0.4) is 0 Å². The molecule has 11 bridgehead atoms. The molecule has 0 aromatic heterocycles. The van der Waals surface area contributed by atoms with Gasteiger partial charge in [0, 0.05) is 48.3 Å².